The van der Waals surface area contributed by atoms with Gasteiger partial charge in [-0.05, 0) is 91.0 Å². The number of piperidine rings is 1. The van der Waals surface area contributed by atoms with Crippen LogP contribution in [-0.2, 0) is 10.8 Å². The Kier molecular flexibility index (Phi) is 10.3. The van der Waals surface area contributed by atoms with Crippen molar-refractivity contribution in [1.29, 1.82) is 0 Å². The third-order valence-electron chi connectivity index (χ3n) is 8.40. The molecule has 2 atom stereocenters. The predicted molar refractivity (Wildman–Crippen MR) is 177 cm³/mol. The van der Waals surface area contributed by atoms with Gasteiger partial charge in [0.2, 0.25) is 0 Å². The molecule has 1 fully saturated rings. The van der Waals surface area contributed by atoms with Crippen molar-refractivity contribution in [3.8, 4) is 0 Å². The number of likely N-dealkylation sites (N-methyl/N-ethyl adjacent to an activating group) is 1. The first-order valence-corrected chi connectivity index (χ1v) is 16.9. The van der Waals surface area contributed by atoms with Gasteiger partial charge in [-0.15, -0.1) is 0 Å². The molecule has 1 saturated heterocycles. The number of fused-ring (bicyclic) bond motifs is 1. The molecule has 0 bridgehead atoms. The second-order valence-corrected chi connectivity index (χ2v) is 13.7. The van der Waals surface area contributed by atoms with Crippen LogP contribution in [0.5, 0.6) is 0 Å². The van der Waals surface area contributed by atoms with E-state index in [1.807, 2.05) is 73.8 Å². The number of rotatable bonds is 9. The highest BCUT2D eigenvalue weighted by Crippen LogP contribution is 2.34. The molecular weight excluding hydrogens is 607 g/mol. The van der Waals surface area contributed by atoms with E-state index in [1.165, 1.54) is 5.56 Å². The van der Waals surface area contributed by atoms with Gasteiger partial charge < -0.3 is 9.80 Å². The van der Waals surface area contributed by atoms with Crippen LogP contribution in [0.4, 0.5) is 0 Å². The molecule has 0 spiro atoms. The van der Waals surface area contributed by atoms with Crippen LogP contribution in [0.3, 0.4) is 0 Å². The SMILES string of the molecule is CN(C[C@@H](CCN1CCC(c2ccccc2S(C)=O)CC1)c1ccc(Cl)c(Cl)c1)C(=O)c1c(Cl)ccc2ccccc12. The number of likely N-dealkylation sites (tertiary alicyclic amines) is 1. The normalized spacial score (nSPS) is 15.9. The number of halogens is 3. The standard InChI is InChI=1S/C34H35Cl3N2O2S/c1-38(34(40)33-28-9-4-3-7-23(28)11-14-30(33)36)22-26(25-12-13-29(35)31(37)21-25)17-20-39-18-15-24(16-19-39)27-8-5-6-10-32(27)42(2)41/h3-14,21,24,26H,15-20,22H2,1-2H3/t26-,42?/m1/s1. The first-order valence-electron chi connectivity index (χ1n) is 14.2. The molecule has 0 aromatic heterocycles. The van der Waals surface area contributed by atoms with E-state index in [2.05, 4.69) is 11.0 Å². The molecule has 8 heteroatoms. The molecule has 220 valence electrons. The molecule has 0 radical (unpaired) electrons. The van der Waals surface area contributed by atoms with Crippen molar-refractivity contribution in [2.75, 3.05) is 39.5 Å². The monoisotopic (exact) mass is 640 g/mol. The lowest BCUT2D eigenvalue weighted by molar-refractivity contribution is 0.0784. The van der Waals surface area contributed by atoms with Gasteiger partial charge in [0.25, 0.3) is 5.91 Å². The zero-order valence-electron chi connectivity index (χ0n) is 23.9. The summed E-state index contributed by atoms with van der Waals surface area (Å²) in [6, 6.07) is 25.4. The molecule has 1 heterocycles. The summed E-state index contributed by atoms with van der Waals surface area (Å²) in [5.41, 5.74) is 2.81. The van der Waals surface area contributed by atoms with Gasteiger partial charge >= 0.3 is 0 Å². The van der Waals surface area contributed by atoms with E-state index in [9.17, 15) is 9.00 Å². The minimum absolute atomic E-state index is 0.0587. The average Bonchev–Trinajstić information content (AvgIpc) is 3.00. The third-order valence-corrected chi connectivity index (χ3v) is 10.4. The van der Waals surface area contributed by atoms with Gasteiger partial charge in [-0.1, -0.05) is 89.4 Å². The summed E-state index contributed by atoms with van der Waals surface area (Å²) in [7, 11) is 0.846. The molecular formula is C34H35Cl3N2O2S. The number of carbonyl (C=O) groups excluding carboxylic acids is 1. The van der Waals surface area contributed by atoms with Crippen molar-refractivity contribution in [2.45, 2.75) is 36.0 Å². The van der Waals surface area contributed by atoms with Crippen molar-refractivity contribution in [1.82, 2.24) is 9.80 Å². The summed E-state index contributed by atoms with van der Waals surface area (Å²) in [5.74, 6) is 0.375. The summed E-state index contributed by atoms with van der Waals surface area (Å²) >= 11 is 19.3. The average molecular weight is 642 g/mol. The van der Waals surface area contributed by atoms with Gasteiger partial charge in [0, 0.05) is 30.7 Å². The van der Waals surface area contributed by atoms with Crippen LogP contribution in [0.25, 0.3) is 10.8 Å². The van der Waals surface area contributed by atoms with E-state index in [0.717, 1.165) is 60.1 Å². The number of hydrogen-bond acceptors (Lipinski definition) is 3. The van der Waals surface area contributed by atoms with Crippen molar-refractivity contribution in [3.63, 3.8) is 0 Å². The Morgan fingerprint density at radius 1 is 0.929 bits per heavy atom. The fourth-order valence-electron chi connectivity index (χ4n) is 6.08. The molecule has 5 rings (SSSR count). The molecule has 4 nitrogen and oxygen atoms in total. The number of benzene rings is 4. The molecule has 42 heavy (non-hydrogen) atoms. The van der Waals surface area contributed by atoms with E-state index >= 15 is 0 Å². The molecule has 0 saturated carbocycles. The van der Waals surface area contributed by atoms with Gasteiger partial charge in [-0.25, -0.2) is 0 Å². The molecule has 4 aromatic rings. The van der Waals surface area contributed by atoms with Crippen LogP contribution >= 0.6 is 34.8 Å². The van der Waals surface area contributed by atoms with Crippen LogP contribution in [0.15, 0.2) is 83.8 Å². The molecule has 0 aliphatic carbocycles. The smallest absolute Gasteiger partial charge is 0.255 e. The Hall–Kier alpha value is -2.41. The Morgan fingerprint density at radius 3 is 2.36 bits per heavy atom. The Morgan fingerprint density at radius 2 is 1.62 bits per heavy atom. The fourth-order valence-corrected chi connectivity index (χ4v) is 7.47. The van der Waals surface area contributed by atoms with Crippen LogP contribution in [-0.4, -0.2) is 59.4 Å². The maximum Gasteiger partial charge on any atom is 0.255 e. The maximum atomic E-state index is 13.8. The van der Waals surface area contributed by atoms with Gasteiger partial charge in [-0.3, -0.25) is 9.00 Å². The summed E-state index contributed by atoms with van der Waals surface area (Å²) in [4.78, 5) is 19.0. The summed E-state index contributed by atoms with van der Waals surface area (Å²) < 4.78 is 12.3. The van der Waals surface area contributed by atoms with Crippen molar-refractivity contribution < 1.29 is 9.00 Å². The van der Waals surface area contributed by atoms with Gasteiger partial charge in [0.1, 0.15) is 0 Å². The van der Waals surface area contributed by atoms with Crippen molar-refractivity contribution >= 4 is 62.3 Å². The van der Waals surface area contributed by atoms with Crippen LogP contribution in [0.1, 0.15) is 52.6 Å². The molecule has 1 aliphatic rings. The van der Waals surface area contributed by atoms with Crippen LogP contribution in [0, 0.1) is 0 Å². The zero-order valence-corrected chi connectivity index (χ0v) is 26.9. The summed E-state index contributed by atoms with van der Waals surface area (Å²) in [6.07, 6.45) is 4.68. The number of nitrogens with zero attached hydrogens (tertiary/aromatic N) is 2. The second-order valence-electron chi connectivity index (χ2n) is 11.1. The quantitative estimate of drug-likeness (QED) is 0.184. The topological polar surface area (TPSA) is 40.6 Å². The highest BCUT2D eigenvalue weighted by Gasteiger charge is 2.26. The van der Waals surface area contributed by atoms with E-state index < -0.39 is 10.8 Å². The summed E-state index contributed by atoms with van der Waals surface area (Å²) in [6.45, 7) is 3.37. The van der Waals surface area contributed by atoms with E-state index in [1.54, 1.807) is 17.2 Å². The first kappa shape index (κ1) is 31.0. The largest absolute Gasteiger partial charge is 0.341 e. The Balaban J connectivity index is 1.30. The van der Waals surface area contributed by atoms with E-state index in [0.29, 0.717) is 33.1 Å². The number of amides is 1. The Bertz CT molecular complexity index is 1600. The molecule has 4 aromatic carbocycles. The molecule has 0 N–H and O–H groups in total. The zero-order chi connectivity index (χ0) is 29.8. The van der Waals surface area contributed by atoms with Crippen LogP contribution < -0.4 is 0 Å². The summed E-state index contributed by atoms with van der Waals surface area (Å²) in [5, 5.41) is 3.31. The second kappa shape index (κ2) is 13.9. The minimum Gasteiger partial charge on any atom is -0.341 e. The van der Waals surface area contributed by atoms with E-state index in [4.69, 9.17) is 34.8 Å². The predicted octanol–water partition coefficient (Wildman–Crippen LogP) is 8.66. The fraction of sp³-hybridized carbons (Fsp3) is 0.324. The van der Waals surface area contributed by atoms with Gasteiger partial charge in [0.15, 0.2) is 0 Å². The first-order chi connectivity index (χ1) is 20.2. The Labute approximate surface area is 266 Å². The maximum absolute atomic E-state index is 13.8. The number of carbonyl (C=O) groups is 1. The van der Waals surface area contributed by atoms with E-state index in [-0.39, 0.29) is 11.8 Å². The van der Waals surface area contributed by atoms with Gasteiger partial charge in [-0.2, -0.15) is 0 Å². The highest BCUT2D eigenvalue weighted by atomic mass is 35.5. The molecule has 1 aliphatic heterocycles. The molecule has 1 amide bonds. The van der Waals surface area contributed by atoms with Crippen LogP contribution in [0.2, 0.25) is 15.1 Å². The molecule has 1 unspecified atom stereocenters. The van der Waals surface area contributed by atoms with Crippen molar-refractivity contribution in [3.05, 3.63) is 111 Å². The minimum atomic E-state index is -0.993. The lowest BCUT2D eigenvalue weighted by atomic mass is 9.88. The number of hydrogen-bond donors (Lipinski definition) is 0. The van der Waals surface area contributed by atoms with Gasteiger partial charge in [0.05, 0.1) is 31.4 Å². The highest BCUT2D eigenvalue weighted by molar-refractivity contribution is 7.84. The third kappa shape index (κ3) is 7.03. The van der Waals surface area contributed by atoms with Crippen molar-refractivity contribution in [2.24, 2.45) is 0 Å². The lowest BCUT2D eigenvalue weighted by Crippen LogP contribution is -2.36. The lowest BCUT2D eigenvalue weighted by Gasteiger charge is -2.34.